The second-order valence-corrected chi connectivity index (χ2v) is 3.16. The summed E-state index contributed by atoms with van der Waals surface area (Å²) >= 11 is 0. The Balaban J connectivity index is 3.33. The lowest BCUT2D eigenvalue weighted by Gasteiger charge is -2.13. The number of rotatable bonds is 1. The van der Waals surface area contributed by atoms with Gasteiger partial charge in [0, 0.05) is 0 Å². The third-order valence-corrected chi connectivity index (χ3v) is 1.94. The van der Waals surface area contributed by atoms with E-state index in [2.05, 4.69) is 6.92 Å². The van der Waals surface area contributed by atoms with Crippen molar-refractivity contribution in [3.05, 3.63) is 41.8 Å². The molecule has 0 N–H and O–H groups in total. The summed E-state index contributed by atoms with van der Waals surface area (Å²) in [6, 6.07) is 1.43. The highest BCUT2D eigenvalue weighted by atomic mass is 19.4. The highest BCUT2D eigenvalue weighted by molar-refractivity contribution is 5.33. The fourth-order valence-corrected chi connectivity index (χ4v) is 1.16. The van der Waals surface area contributed by atoms with Gasteiger partial charge in [-0.1, -0.05) is 0 Å². The quantitative estimate of drug-likeness (QED) is 0.649. The topological polar surface area (TPSA) is 0 Å². The SMILES string of the molecule is [CH2]Cc1cc(C(F)(F)F)cc(C(F)(F)F)c1. The molecule has 0 fully saturated rings. The van der Waals surface area contributed by atoms with Gasteiger partial charge in [-0.15, -0.1) is 0 Å². The highest BCUT2D eigenvalue weighted by Crippen LogP contribution is 2.36. The second-order valence-electron chi connectivity index (χ2n) is 3.16. The number of halogens is 6. The van der Waals surface area contributed by atoms with Crippen LogP contribution < -0.4 is 0 Å². The first kappa shape index (κ1) is 12.9. The molecule has 0 saturated heterocycles. The van der Waals surface area contributed by atoms with E-state index in [1.165, 1.54) is 0 Å². The summed E-state index contributed by atoms with van der Waals surface area (Å²) in [5.74, 6) is 0. The lowest BCUT2D eigenvalue weighted by Crippen LogP contribution is -2.11. The van der Waals surface area contributed by atoms with Crippen molar-refractivity contribution >= 4 is 0 Å². The Labute approximate surface area is 87.9 Å². The molecule has 1 aromatic rings. The van der Waals surface area contributed by atoms with Crippen LogP contribution in [0.15, 0.2) is 18.2 Å². The Bertz CT molecular complexity index is 342. The molecule has 0 atom stereocenters. The smallest absolute Gasteiger partial charge is 0.166 e. The molecule has 1 rings (SSSR count). The monoisotopic (exact) mass is 241 g/mol. The van der Waals surface area contributed by atoms with Crippen molar-refractivity contribution in [2.45, 2.75) is 18.8 Å². The summed E-state index contributed by atoms with van der Waals surface area (Å²) < 4.78 is 73.7. The molecule has 0 spiro atoms. The van der Waals surface area contributed by atoms with E-state index in [1.807, 2.05) is 0 Å². The van der Waals surface area contributed by atoms with Crippen molar-refractivity contribution in [1.82, 2.24) is 0 Å². The van der Waals surface area contributed by atoms with Crippen molar-refractivity contribution < 1.29 is 26.3 Å². The maximum absolute atomic E-state index is 12.3. The van der Waals surface area contributed by atoms with Crippen LogP contribution >= 0.6 is 0 Å². The standard InChI is InChI=1S/C10H7F6/c1-2-6-3-7(9(11,12)13)5-8(4-6)10(14,15)16/h3-5H,1-2H2. The minimum absolute atomic E-state index is 0.0952. The number of alkyl halides is 6. The van der Waals surface area contributed by atoms with Gasteiger partial charge in [0.25, 0.3) is 0 Å². The Morgan fingerprint density at radius 2 is 1.19 bits per heavy atom. The number of hydrogen-bond acceptors (Lipinski definition) is 0. The predicted octanol–water partition coefficient (Wildman–Crippen LogP) is 4.10. The van der Waals surface area contributed by atoms with Gasteiger partial charge in [-0.05, 0) is 37.1 Å². The molecule has 1 radical (unpaired) electrons. The fourth-order valence-electron chi connectivity index (χ4n) is 1.16. The number of hydrogen-bond donors (Lipinski definition) is 0. The zero-order valence-corrected chi connectivity index (χ0v) is 7.91. The van der Waals surface area contributed by atoms with Crippen LogP contribution in [0.5, 0.6) is 0 Å². The molecular weight excluding hydrogens is 234 g/mol. The Morgan fingerprint density at radius 3 is 1.44 bits per heavy atom. The van der Waals surface area contributed by atoms with Crippen LogP contribution in [0, 0.1) is 6.92 Å². The third-order valence-electron chi connectivity index (χ3n) is 1.94. The van der Waals surface area contributed by atoms with E-state index in [9.17, 15) is 26.3 Å². The summed E-state index contributed by atoms with van der Waals surface area (Å²) in [6.07, 6.45) is -9.71. The first-order valence-electron chi connectivity index (χ1n) is 4.22. The van der Waals surface area contributed by atoms with Gasteiger partial charge in [0.05, 0.1) is 11.1 Å². The normalized spacial score (nSPS) is 12.9. The van der Waals surface area contributed by atoms with Crippen LogP contribution in [-0.2, 0) is 18.8 Å². The summed E-state index contributed by atoms with van der Waals surface area (Å²) in [5.41, 5.74) is -2.70. The van der Waals surface area contributed by atoms with E-state index < -0.39 is 23.5 Å². The van der Waals surface area contributed by atoms with Gasteiger partial charge in [-0.2, -0.15) is 26.3 Å². The summed E-state index contributed by atoms with van der Waals surface area (Å²) in [4.78, 5) is 0. The van der Waals surface area contributed by atoms with Crippen LogP contribution in [0.3, 0.4) is 0 Å². The molecule has 0 saturated carbocycles. The van der Waals surface area contributed by atoms with Crippen LogP contribution in [0.1, 0.15) is 16.7 Å². The molecule has 0 nitrogen and oxygen atoms in total. The molecule has 0 heterocycles. The minimum atomic E-state index is -4.79. The molecule has 0 aliphatic heterocycles. The lowest BCUT2D eigenvalue weighted by molar-refractivity contribution is -0.143. The lowest BCUT2D eigenvalue weighted by atomic mass is 10.0. The minimum Gasteiger partial charge on any atom is -0.166 e. The van der Waals surface area contributed by atoms with Crippen molar-refractivity contribution in [3.8, 4) is 0 Å². The molecule has 6 heteroatoms. The molecule has 0 aliphatic carbocycles. The Morgan fingerprint density at radius 1 is 0.812 bits per heavy atom. The number of benzene rings is 1. The predicted molar refractivity (Wildman–Crippen MR) is 45.5 cm³/mol. The average Bonchev–Trinajstić information content (AvgIpc) is 2.14. The van der Waals surface area contributed by atoms with E-state index in [-0.39, 0.29) is 18.1 Å². The van der Waals surface area contributed by atoms with Gasteiger partial charge < -0.3 is 0 Å². The van der Waals surface area contributed by atoms with E-state index in [0.29, 0.717) is 12.1 Å². The molecule has 0 unspecified atom stereocenters. The van der Waals surface area contributed by atoms with Crippen molar-refractivity contribution in [3.63, 3.8) is 0 Å². The fraction of sp³-hybridized carbons (Fsp3) is 0.300. The molecule has 0 aromatic heterocycles. The van der Waals surface area contributed by atoms with E-state index in [1.54, 1.807) is 0 Å². The van der Waals surface area contributed by atoms with Crippen molar-refractivity contribution in [1.29, 1.82) is 0 Å². The third kappa shape index (κ3) is 2.90. The second kappa shape index (κ2) is 3.99. The molecular formula is C10H7F6. The molecule has 89 valence electrons. The molecule has 1 aromatic carbocycles. The average molecular weight is 241 g/mol. The largest absolute Gasteiger partial charge is 0.416 e. The first-order chi connectivity index (χ1) is 7.14. The van der Waals surface area contributed by atoms with Gasteiger partial charge in [-0.3, -0.25) is 0 Å². The molecule has 0 bridgehead atoms. The molecule has 0 aliphatic rings. The zero-order valence-electron chi connectivity index (χ0n) is 7.91. The van der Waals surface area contributed by atoms with Crippen molar-refractivity contribution in [2.24, 2.45) is 0 Å². The maximum Gasteiger partial charge on any atom is 0.416 e. The van der Waals surface area contributed by atoms with Crippen LogP contribution in [0.4, 0.5) is 26.3 Å². The highest BCUT2D eigenvalue weighted by Gasteiger charge is 2.36. The molecule has 0 amide bonds. The van der Waals surface area contributed by atoms with Gasteiger partial charge in [0.15, 0.2) is 0 Å². The van der Waals surface area contributed by atoms with Gasteiger partial charge >= 0.3 is 12.4 Å². The Hall–Kier alpha value is -1.20. The van der Waals surface area contributed by atoms with Gasteiger partial charge in [0.2, 0.25) is 0 Å². The zero-order chi connectivity index (χ0) is 12.6. The molecule has 16 heavy (non-hydrogen) atoms. The van der Waals surface area contributed by atoms with E-state index in [0.717, 1.165) is 0 Å². The van der Waals surface area contributed by atoms with Gasteiger partial charge in [-0.25, -0.2) is 0 Å². The van der Waals surface area contributed by atoms with Crippen LogP contribution in [0.25, 0.3) is 0 Å². The maximum atomic E-state index is 12.3. The van der Waals surface area contributed by atoms with Crippen LogP contribution in [-0.4, -0.2) is 0 Å². The summed E-state index contributed by atoms with van der Waals surface area (Å²) in [7, 11) is 0. The van der Waals surface area contributed by atoms with Gasteiger partial charge in [0.1, 0.15) is 0 Å². The summed E-state index contributed by atoms with van der Waals surface area (Å²) in [5, 5.41) is 0. The van der Waals surface area contributed by atoms with Crippen molar-refractivity contribution in [2.75, 3.05) is 0 Å². The van der Waals surface area contributed by atoms with E-state index in [4.69, 9.17) is 0 Å². The Kier molecular flexibility index (Phi) is 3.21. The van der Waals surface area contributed by atoms with E-state index >= 15 is 0 Å². The first-order valence-corrected chi connectivity index (χ1v) is 4.22. The summed E-state index contributed by atoms with van der Waals surface area (Å²) in [6.45, 7) is 3.27. The van der Waals surface area contributed by atoms with Crippen LogP contribution in [0.2, 0.25) is 0 Å².